The summed E-state index contributed by atoms with van der Waals surface area (Å²) in [6.07, 6.45) is 0. The summed E-state index contributed by atoms with van der Waals surface area (Å²) in [6, 6.07) is 19.2. The van der Waals surface area contributed by atoms with E-state index in [-0.39, 0.29) is 16.7 Å². The Morgan fingerprint density at radius 3 is 2.38 bits per heavy atom. The number of hydrogen-bond donors (Lipinski definition) is 1. The molecule has 37 heavy (non-hydrogen) atoms. The quantitative estimate of drug-likeness (QED) is 0.244. The summed E-state index contributed by atoms with van der Waals surface area (Å²) in [6.45, 7) is 10.5. The molecule has 1 fully saturated rings. The summed E-state index contributed by atoms with van der Waals surface area (Å²) in [7, 11) is 1.56. The normalized spacial score (nSPS) is 17.2. The molecule has 1 saturated heterocycles. The Labute approximate surface area is 218 Å². The first-order chi connectivity index (χ1) is 17.6. The third kappa shape index (κ3) is 4.96. The predicted molar refractivity (Wildman–Crippen MR) is 145 cm³/mol. The van der Waals surface area contributed by atoms with Crippen molar-refractivity contribution in [3.8, 4) is 11.5 Å². The summed E-state index contributed by atoms with van der Waals surface area (Å²) in [5.41, 5.74) is 3.28. The Kier molecular flexibility index (Phi) is 7.12. The van der Waals surface area contributed by atoms with Crippen molar-refractivity contribution >= 4 is 23.1 Å². The highest BCUT2D eigenvalue weighted by molar-refractivity contribution is 6.51. The predicted octanol–water partition coefficient (Wildman–Crippen LogP) is 6.33. The topological polar surface area (TPSA) is 76.1 Å². The van der Waals surface area contributed by atoms with E-state index in [0.717, 1.165) is 16.9 Å². The number of hydrogen-bond acceptors (Lipinski definition) is 5. The van der Waals surface area contributed by atoms with Gasteiger partial charge in [0.25, 0.3) is 11.7 Å². The van der Waals surface area contributed by atoms with Crippen LogP contribution in [0.2, 0.25) is 0 Å². The number of aliphatic hydroxyl groups is 1. The van der Waals surface area contributed by atoms with Crippen LogP contribution in [0, 0.1) is 6.92 Å². The van der Waals surface area contributed by atoms with Gasteiger partial charge >= 0.3 is 0 Å². The first kappa shape index (κ1) is 26.0. The lowest BCUT2D eigenvalue weighted by Crippen LogP contribution is -2.29. The van der Waals surface area contributed by atoms with Crippen molar-refractivity contribution in [2.24, 2.45) is 0 Å². The molecule has 1 N–H and O–H groups in total. The molecule has 0 aromatic heterocycles. The zero-order valence-corrected chi connectivity index (χ0v) is 22.2. The molecule has 0 radical (unpaired) electrons. The van der Waals surface area contributed by atoms with Gasteiger partial charge in [-0.05, 0) is 72.9 Å². The van der Waals surface area contributed by atoms with Crippen LogP contribution < -0.4 is 14.4 Å². The molecule has 0 aliphatic carbocycles. The molecule has 1 aliphatic rings. The number of anilines is 1. The van der Waals surface area contributed by atoms with Crippen molar-refractivity contribution in [1.82, 2.24) is 0 Å². The van der Waals surface area contributed by atoms with E-state index in [1.165, 1.54) is 4.90 Å². The largest absolute Gasteiger partial charge is 0.507 e. The fourth-order valence-electron chi connectivity index (χ4n) is 4.70. The van der Waals surface area contributed by atoms with E-state index in [9.17, 15) is 14.7 Å². The molecular weight excluding hydrogens is 466 g/mol. The second-order valence-corrected chi connectivity index (χ2v) is 10.2. The van der Waals surface area contributed by atoms with Crippen molar-refractivity contribution in [1.29, 1.82) is 0 Å². The summed E-state index contributed by atoms with van der Waals surface area (Å²) in [4.78, 5) is 28.4. The van der Waals surface area contributed by atoms with Crippen LogP contribution >= 0.6 is 0 Å². The number of aryl methyl sites for hydroxylation is 1. The molecule has 1 amide bonds. The smallest absolute Gasteiger partial charge is 0.300 e. The Hall–Kier alpha value is -4.06. The second-order valence-electron chi connectivity index (χ2n) is 10.2. The molecule has 6 heteroatoms. The van der Waals surface area contributed by atoms with Gasteiger partial charge in [-0.2, -0.15) is 0 Å². The van der Waals surface area contributed by atoms with Crippen LogP contribution in [0.4, 0.5) is 5.69 Å². The van der Waals surface area contributed by atoms with Crippen LogP contribution in [-0.2, 0) is 15.0 Å². The van der Waals surface area contributed by atoms with Gasteiger partial charge < -0.3 is 14.6 Å². The monoisotopic (exact) mass is 499 g/mol. The standard InChI is InChI=1S/C31H33NO5/c1-7-37-25-15-14-21(18-24(25)31(3,4)5)28(33)26-27(20-11-9-13-23(17-20)36-6)32(30(35)29(26)34)22-12-8-10-19(2)16-22/h8-18,27,33H,7H2,1-6H3/b28-26-. The number of carbonyl (C=O) groups is 2. The van der Waals surface area contributed by atoms with Crippen molar-refractivity contribution in [3.05, 3.63) is 94.6 Å². The van der Waals surface area contributed by atoms with E-state index in [1.54, 1.807) is 43.5 Å². The van der Waals surface area contributed by atoms with Crippen LogP contribution in [0.15, 0.2) is 72.3 Å². The van der Waals surface area contributed by atoms with Crippen molar-refractivity contribution in [3.63, 3.8) is 0 Å². The number of nitrogens with zero attached hydrogens (tertiary/aromatic N) is 1. The SMILES string of the molecule is CCOc1ccc(/C(O)=C2/C(=O)C(=O)N(c3cccc(C)c3)C2c2cccc(OC)c2)cc1C(C)(C)C. The number of ether oxygens (including phenoxy) is 2. The second kappa shape index (κ2) is 10.1. The van der Waals surface area contributed by atoms with Crippen molar-refractivity contribution in [2.45, 2.75) is 46.1 Å². The van der Waals surface area contributed by atoms with Gasteiger partial charge in [-0.1, -0.05) is 45.0 Å². The minimum absolute atomic E-state index is 0.0313. The number of amides is 1. The van der Waals surface area contributed by atoms with E-state index in [0.29, 0.717) is 29.2 Å². The highest BCUT2D eigenvalue weighted by atomic mass is 16.5. The van der Waals surface area contributed by atoms with Gasteiger partial charge in [0.2, 0.25) is 0 Å². The fraction of sp³-hybridized carbons (Fsp3) is 0.290. The molecule has 1 unspecified atom stereocenters. The summed E-state index contributed by atoms with van der Waals surface area (Å²) < 4.78 is 11.2. The Morgan fingerprint density at radius 2 is 1.73 bits per heavy atom. The highest BCUT2D eigenvalue weighted by Gasteiger charge is 2.47. The van der Waals surface area contributed by atoms with Crippen molar-refractivity contribution in [2.75, 3.05) is 18.6 Å². The number of rotatable bonds is 6. The number of Topliss-reactive ketones (excluding diaryl/α,β-unsaturated/α-hetero) is 1. The molecule has 0 bridgehead atoms. The lowest BCUT2D eigenvalue weighted by Gasteiger charge is -2.26. The molecule has 0 saturated carbocycles. The van der Waals surface area contributed by atoms with Gasteiger partial charge in [0.1, 0.15) is 17.3 Å². The molecule has 1 heterocycles. The molecule has 4 rings (SSSR count). The van der Waals surface area contributed by atoms with Crippen LogP contribution in [0.3, 0.4) is 0 Å². The van der Waals surface area contributed by atoms with Gasteiger partial charge in [-0.15, -0.1) is 0 Å². The zero-order valence-electron chi connectivity index (χ0n) is 22.2. The van der Waals surface area contributed by atoms with Gasteiger partial charge in [-0.25, -0.2) is 0 Å². The number of methoxy groups -OCH3 is 1. The number of ketones is 1. The van der Waals surface area contributed by atoms with Gasteiger partial charge in [0.15, 0.2) is 0 Å². The third-order valence-corrected chi connectivity index (χ3v) is 6.49. The maximum absolute atomic E-state index is 13.5. The minimum atomic E-state index is -0.832. The molecule has 192 valence electrons. The molecule has 0 spiro atoms. The minimum Gasteiger partial charge on any atom is -0.507 e. The molecule has 6 nitrogen and oxygen atoms in total. The van der Waals surface area contributed by atoms with Crippen LogP contribution in [0.1, 0.15) is 56.0 Å². The molecule has 3 aromatic rings. The Morgan fingerprint density at radius 1 is 1.00 bits per heavy atom. The summed E-state index contributed by atoms with van der Waals surface area (Å²) >= 11 is 0. The van der Waals surface area contributed by atoms with Crippen LogP contribution in [-0.4, -0.2) is 30.5 Å². The van der Waals surface area contributed by atoms with Gasteiger partial charge in [0.05, 0.1) is 25.3 Å². The van der Waals surface area contributed by atoms with E-state index in [1.807, 2.05) is 44.2 Å². The number of aliphatic hydroxyl groups excluding tert-OH is 1. The summed E-state index contributed by atoms with van der Waals surface area (Å²) in [5, 5.41) is 11.6. The maximum Gasteiger partial charge on any atom is 0.300 e. The molecular formula is C31H33NO5. The van der Waals surface area contributed by atoms with E-state index in [2.05, 4.69) is 20.8 Å². The zero-order chi connectivity index (χ0) is 26.9. The van der Waals surface area contributed by atoms with Crippen molar-refractivity contribution < 1.29 is 24.2 Å². The first-order valence-electron chi connectivity index (χ1n) is 12.4. The molecule has 3 aromatic carbocycles. The average Bonchev–Trinajstić information content (AvgIpc) is 3.13. The molecule has 1 aliphatic heterocycles. The third-order valence-electron chi connectivity index (χ3n) is 6.49. The Balaban J connectivity index is 1.96. The maximum atomic E-state index is 13.5. The number of carbonyl (C=O) groups excluding carboxylic acids is 2. The average molecular weight is 500 g/mol. The van der Waals surface area contributed by atoms with Gasteiger partial charge in [-0.3, -0.25) is 14.5 Å². The fourth-order valence-corrected chi connectivity index (χ4v) is 4.70. The van der Waals surface area contributed by atoms with Crippen LogP contribution in [0.5, 0.6) is 11.5 Å². The Bertz CT molecular complexity index is 1380. The lowest BCUT2D eigenvalue weighted by molar-refractivity contribution is -0.132. The number of benzene rings is 3. The lowest BCUT2D eigenvalue weighted by atomic mass is 9.84. The first-order valence-corrected chi connectivity index (χ1v) is 12.4. The van der Waals surface area contributed by atoms with Gasteiger partial charge in [0, 0.05) is 16.8 Å². The highest BCUT2D eigenvalue weighted by Crippen LogP contribution is 2.44. The summed E-state index contributed by atoms with van der Waals surface area (Å²) in [5.74, 6) is -0.352. The molecule has 1 atom stereocenters. The van der Waals surface area contributed by atoms with Crippen LogP contribution in [0.25, 0.3) is 5.76 Å². The van der Waals surface area contributed by atoms with E-state index < -0.39 is 17.7 Å². The van der Waals surface area contributed by atoms with E-state index >= 15 is 0 Å². The van der Waals surface area contributed by atoms with E-state index in [4.69, 9.17) is 9.47 Å².